The van der Waals surface area contributed by atoms with Crippen molar-refractivity contribution in [2.45, 2.75) is 64.9 Å². The number of carbonyl (C=O) groups is 1. The second kappa shape index (κ2) is 8.25. The van der Waals surface area contributed by atoms with Crippen LogP contribution in [0.2, 0.25) is 0 Å². The Hall–Kier alpha value is -0.820. The SMILES string of the molecule is CC(C)(C)OC(=O)N1CC(C2CCCCC2)C[C@@H](COS(C)(=O)=O)C1. The summed E-state index contributed by atoms with van der Waals surface area (Å²) in [5.74, 6) is 1.04. The van der Waals surface area contributed by atoms with Gasteiger partial charge in [-0.1, -0.05) is 32.1 Å². The van der Waals surface area contributed by atoms with Crippen molar-refractivity contribution in [3.05, 3.63) is 0 Å². The summed E-state index contributed by atoms with van der Waals surface area (Å²) >= 11 is 0. The predicted octanol–water partition coefficient (Wildman–Crippen LogP) is 3.42. The number of piperidine rings is 1. The highest BCUT2D eigenvalue weighted by Gasteiger charge is 2.36. The zero-order chi connectivity index (χ0) is 18.7. The van der Waals surface area contributed by atoms with Crippen molar-refractivity contribution in [1.29, 1.82) is 0 Å². The van der Waals surface area contributed by atoms with Crippen LogP contribution >= 0.6 is 0 Å². The van der Waals surface area contributed by atoms with Crippen LogP contribution in [0.25, 0.3) is 0 Å². The Morgan fingerprint density at radius 1 is 1.08 bits per heavy atom. The minimum absolute atomic E-state index is 0.0305. The van der Waals surface area contributed by atoms with Crippen molar-refractivity contribution in [3.63, 3.8) is 0 Å². The van der Waals surface area contributed by atoms with Gasteiger partial charge < -0.3 is 9.64 Å². The molecule has 0 aromatic carbocycles. The molecular formula is C18H33NO5S. The molecule has 0 aromatic heterocycles. The number of ether oxygens (including phenoxy) is 1. The van der Waals surface area contributed by atoms with E-state index in [2.05, 4.69) is 0 Å². The van der Waals surface area contributed by atoms with E-state index in [9.17, 15) is 13.2 Å². The van der Waals surface area contributed by atoms with Crippen molar-refractivity contribution in [1.82, 2.24) is 4.90 Å². The summed E-state index contributed by atoms with van der Waals surface area (Å²) in [4.78, 5) is 14.3. The van der Waals surface area contributed by atoms with Gasteiger partial charge in [-0.15, -0.1) is 0 Å². The normalized spacial score (nSPS) is 26.5. The van der Waals surface area contributed by atoms with Gasteiger partial charge in [0.2, 0.25) is 0 Å². The fraction of sp³-hybridized carbons (Fsp3) is 0.944. The van der Waals surface area contributed by atoms with E-state index in [4.69, 9.17) is 8.92 Å². The van der Waals surface area contributed by atoms with Gasteiger partial charge in [0.15, 0.2) is 0 Å². The van der Waals surface area contributed by atoms with Gasteiger partial charge in [-0.3, -0.25) is 4.18 Å². The summed E-state index contributed by atoms with van der Waals surface area (Å²) in [6, 6.07) is 0. The topological polar surface area (TPSA) is 72.9 Å². The van der Waals surface area contributed by atoms with Crippen LogP contribution in [0.5, 0.6) is 0 Å². The van der Waals surface area contributed by atoms with Gasteiger partial charge >= 0.3 is 6.09 Å². The lowest BCUT2D eigenvalue weighted by molar-refractivity contribution is -0.00163. The minimum atomic E-state index is -3.47. The highest BCUT2D eigenvalue weighted by Crippen LogP contribution is 2.37. The molecule has 2 fully saturated rings. The van der Waals surface area contributed by atoms with E-state index >= 15 is 0 Å². The Labute approximate surface area is 152 Å². The Morgan fingerprint density at radius 2 is 1.72 bits per heavy atom. The maximum absolute atomic E-state index is 12.5. The third-order valence-corrected chi connectivity index (χ3v) is 5.62. The number of rotatable bonds is 4. The fourth-order valence-corrected chi connectivity index (χ4v) is 4.45. The summed E-state index contributed by atoms with van der Waals surface area (Å²) in [6.45, 7) is 6.91. The first-order valence-electron chi connectivity index (χ1n) is 9.36. The third kappa shape index (κ3) is 7.13. The van der Waals surface area contributed by atoms with Crippen molar-refractivity contribution in [2.24, 2.45) is 17.8 Å². The number of nitrogens with zero attached hydrogens (tertiary/aromatic N) is 1. The van der Waals surface area contributed by atoms with E-state index in [1.807, 2.05) is 20.8 Å². The summed E-state index contributed by atoms with van der Waals surface area (Å²) in [7, 11) is -3.47. The Bertz CT molecular complexity index is 548. The molecule has 1 amide bonds. The molecule has 1 aliphatic heterocycles. The number of hydrogen-bond acceptors (Lipinski definition) is 5. The van der Waals surface area contributed by atoms with E-state index in [-0.39, 0.29) is 18.6 Å². The van der Waals surface area contributed by atoms with Gasteiger partial charge in [0, 0.05) is 19.0 Å². The zero-order valence-corrected chi connectivity index (χ0v) is 16.8. The summed E-state index contributed by atoms with van der Waals surface area (Å²) in [5.41, 5.74) is -0.534. The van der Waals surface area contributed by atoms with E-state index in [0.717, 1.165) is 12.7 Å². The molecule has 0 aromatic rings. The summed E-state index contributed by atoms with van der Waals surface area (Å²) in [6.07, 6.45) is 7.87. The Morgan fingerprint density at radius 3 is 2.28 bits per heavy atom. The van der Waals surface area contributed by atoms with Gasteiger partial charge in [0.25, 0.3) is 10.1 Å². The van der Waals surface area contributed by atoms with Crippen LogP contribution in [0.4, 0.5) is 4.79 Å². The van der Waals surface area contributed by atoms with E-state index < -0.39 is 15.7 Å². The van der Waals surface area contributed by atoms with Crippen molar-refractivity contribution < 1.29 is 22.1 Å². The number of likely N-dealkylation sites (tertiary alicyclic amines) is 1. The Kier molecular flexibility index (Phi) is 6.76. The molecule has 1 saturated carbocycles. The molecule has 1 aliphatic carbocycles. The van der Waals surface area contributed by atoms with E-state index in [1.165, 1.54) is 32.1 Å². The number of carbonyl (C=O) groups excluding carboxylic acids is 1. The van der Waals surface area contributed by atoms with Gasteiger partial charge in [-0.25, -0.2) is 4.79 Å². The molecule has 1 heterocycles. The first-order chi connectivity index (χ1) is 11.5. The monoisotopic (exact) mass is 375 g/mol. The predicted molar refractivity (Wildman–Crippen MR) is 96.8 cm³/mol. The smallest absolute Gasteiger partial charge is 0.410 e. The lowest BCUT2D eigenvalue weighted by Crippen LogP contribution is -2.48. The van der Waals surface area contributed by atoms with Crippen molar-refractivity contribution in [3.8, 4) is 0 Å². The molecule has 2 atom stereocenters. The van der Waals surface area contributed by atoms with Gasteiger partial charge in [-0.05, 0) is 39.0 Å². The number of hydrogen-bond donors (Lipinski definition) is 0. The average molecular weight is 376 g/mol. The zero-order valence-electron chi connectivity index (χ0n) is 16.0. The minimum Gasteiger partial charge on any atom is -0.444 e. The maximum atomic E-state index is 12.5. The van der Waals surface area contributed by atoms with Crippen LogP contribution < -0.4 is 0 Å². The Balaban J connectivity index is 2.05. The quantitative estimate of drug-likeness (QED) is 0.704. The molecule has 7 heteroatoms. The molecule has 0 bridgehead atoms. The first-order valence-corrected chi connectivity index (χ1v) is 11.2. The van der Waals surface area contributed by atoms with Crippen LogP contribution in [0.15, 0.2) is 0 Å². The number of amides is 1. The molecule has 0 radical (unpaired) electrons. The van der Waals surface area contributed by atoms with Crippen molar-refractivity contribution >= 4 is 16.2 Å². The molecule has 0 spiro atoms. The molecule has 1 saturated heterocycles. The molecule has 25 heavy (non-hydrogen) atoms. The van der Waals surface area contributed by atoms with Crippen LogP contribution in [-0.4, -0.2) is 51.0 Å². The van der Waals surface area contributed by atoms with E-state index in [1.54, 1.807) is 4.90 Å². The summed E-state index contributed by atoms with van der Waals surface area (Å²) in [5, 5.41) is 0. The summed E-state index contributed by atoms with van der Waals surface area (Å²) < 4.78 is 33.2. The molecule has 0 N–H and O–H groups in total. The molecule has 146 valence electrons. The molecule has 2 aliphatic rings. The van der Waals surface area contributed by atoms with Crippen LogP contribution in [0.3, 0.4) is 0 Å². The van der Waals surface area contributed by atoms with Crippen LogP contribution in [0.1, 0.15) is 59.3 Å². The van der Waals surface area contributed by atoms with E-state index in [0.29, 0.717) is 24.9 Å². The third-order valence-electron chi connectivity index (χ3n) is 5.06. The largest absolute Gasteiger partial charge is 0.444 e. The lowest BCUT2D eigenvalue weighted by atomic mass is 9.74. The molecule has 6 nitrogen and oxygen atoms in total. The van der Waals surface area contributed by atoms with Crippen LogP contribution in [0, 0.1) is 17.8 Å². The highest BCUT2D eigenvalue weighted by atomic mass is 32.2. The lowest BCUT2D eigenvalue weighted by Gasteiger charge is -2.42. The maximum Gasteiger partial charge on any atom is 0.410 e. The van der Waals surface area contributed by atoms with Gasteiger partial charge in [0.1, 0.15) is 5.60 Å². The fourth-order valence-electron chi connectivity index (χ4n) is 4.01. The highest BCUT2D eigenvalue weighted by molar-refractivity contribution is 7.85. The standard InChI is InChI=1S/C18H33NO5S/c1-18(2,3)24-17(20)19-11-14(13-23-25(4,21)22)10-16(12-19)15-8-6-5-7-9-15/h14-16H,5-13H2,1-4H3/t14-,16?/m1/s1. The second-order valence-corrected chi connectivity index (χ2v) is 10.3. The molecule has 1 unspecified atom stereocenters. The average Bonchev–Trinajstić information content (AvgIpc) is 2.51. The van der Waals surface area contributed by atoms with Crippen LogP contribution in [-0.2, 0) is 19.0 Å². The second-order valence-electron chi connectivity index (χ2n) is 8.63. The van der Waals surface area contributed by atoms with Gasteiger partial charge in [0.05, 0.1) is 12.9 Å². The molecule has 2 rings (SSSR count). The van der Waals surface area contributed by atoms with Gasteiger partial charge in [-0.2, -0.15) is 8.42 Å². The first kappa shape index (κ1) is 20.5. The van der Waals surface area contributed by atoms with Crippen molar-refractivity contribution in [2.75, 3.05) is 26.0 Å². The molecular weight excluding hydrogens is 342 g/mol.